The average Bonchev–Trinajstić information content (AvgIpc) is 2.44. The highest BCUT2D eigenvalue weighted by Crippen LogP contribution is 1.97. The number of hydrogen-bond acceptors (Lipinski definition) is 0. The summed E-state index contributed by atoms with van der Waals surface area (Å²) in [7, 11) is 0. The van der Waals surface area contributed by atoms with Crippen LogP contribution in [0.25, 0.3) is 17.7 Å². The maximum atomic E-state index is 2.25. The van der Waals surface area contributed by atoms with Crippen LogP contribution < -0.4 is 10.7 Å². The standard InChI is InChI=1S/C12H9N/c1-2-5-11-8-9-12-7-3-6-10(4-1)13(11)12/h1-9H. The van der Waals surface area contributed by atoms with E-state index in [-0.39, 0.29) is 0 Å². The van der Waals surface area contributed by atoms with Gasteiger partial charge in [0, 0.05) is 16.2 Å². The van der Waals surface area contributed by atoms with Crippen molar-refractivity contribution >= 4 is 17.7 Å². The Kier molecular flexibility index (Phi) is 1.22. The van der Waals surface area contributed by atoms with Crippen LogP contribution in [0.5, 0.6) is 0 Å². The van der Waals surface area contributed by atoms with Crippen LogP contribution in [0.1, 0.15) is 0 Å². The lowest BCUT2D eigenvalue weighted by Gasteiger charge is -1.94. The molecule has 1 nitrogen and oxygen atoms in total. The minimum atomic E-state index is 1.24. The molecule has 0 fully saturated rings. The maximum Gasteiger partial charge on any atom is 0.0462 e. The van der Waals surface area contributed by atoms with E-state index >= 15 is 0 Å². The Morgan fingerprint density at radius 3 is 2.38 bits per heavy atom. The number of hydrogen-bond donors (Lipinski definition) is 0. The molecule has 1 heteroatoms. The highest BCUT2D eigenvalue weighted by Gasteiger charge is 1.95. The van der Waals surface area contributed by atoms with Crippen molar-refractivity contribution in [2.24, 2.45) is 0 Å². The molecule has 0 radical (unpaired) electrons. The summed E-state index contributed by atoms with van der Waals surface area (Å²) in [6, 6.07) is 10.6. The first kappa shape index (κ1) is 6.72. The molecule has 0 aliphatic carbocycles. The molecule has 0 saturated heterocycles. The second-order valence-electron chi connectivity index (χ2n) is 3.19. The van der Waals surface area contributed by atoms with Gasteiger partial charge in [-0.2, -0.15) is 0 Å². The third-order valence-corrected chi connectivity index (χ3v) is 2.38. The third kappa shape index (κ3) is 0.872. The normalized spacial score (nSPS) is 13.5. The Balaban J connectivity index is 2.76. The Morgan fingerprint density at radius 2 is 1.54 bits per heavy atom. The van der Waals surface area contributed by atoms with Gasteiger partial charge in [0.25, 0.3) is 0 Å². The largest absolute Gasteiger partial charge is 0.311 e. The Labute approximate surface area is 75.9 Å². The lowest BCUT2D eigenvalue weighted by atomic mass is 10.3. The van der Waals surface area contributed by atoms with Gasteiger partial charge in [0.05, 0.1) is 0 Å². The lowest BCUT2D eigenvalue weighted by Crippen LogP contribution is -2.21. The fraction of sp³-hybridized carbons (Fsp3) is 0. The zero-order valence-corrected chi connectivity index (χ0v) is 7.14. The van der Waals surface area contributed by atoms with Crippen LogP contribution in [0.4, 0.5) is 0 Å². The van der Waals surface area contributed by atoms with Crippen LogP contribution in [-0.2, 0) is 0 Å². The number of pyridine rings is 1. The number of aromatic nitrogens is 1. The van der Waals surface area contributed by atoms with Crippen LogP contribution >= 0.6 is 0 Å². The average molecular weight is 167 g/mol. The summed E-state index contributed by atoms with van der Waals surface area (Å²) in [5.41, 5.74) is 1.25. The Hall–Kier alpha value is -1.76. The van der Waals surface area contributed by atoms with Gasteiger partial charge in [0.1, 0.15) is 0 Å². The molecule has 0 atom stereocenters. The highest BCUT2D eigenvalue weighted by atomic mass is 14.9. The van der Waals surface area contributed by atoms with Crippen molar-refractivity contribution in [3.05, 3.63) is 53.2 Å². The molecular formula is C12H9N. The quantitative estimate of drug-likeness (QED) is 0.553. The molecule has 62 valence electrons. The van der Waals surface area contributed by atoms with Crippen LogP contribution in [0.15, 0.2) is 42.5 Å². The zero-order chi connectivity index (χ0) is 8.67. The van der Waals surface area contributed by atoms with Crippen molar-refractivity contribution in [2.75, 3.05) is 0 Å². The van der Waals surface area contributed by atoms with Gasteiger partial charge in [0.15, 0.2) is 0 Å². The van der Waals surface area contributed by atoms with Gasteiger partial charge in [-0.1, -0.05) is 18.2 Å². The first-order valence-corrected chi connectivity index (χ1v) is 4.40. The molecule has 3 rings (SSSR count). The van der Waals surface area contributed by atoms with E-state index in [4.69, 9.17) is 0 Å². The van der Waals surface area contributed by atoms with Crippen molar-refractivity contribution in [1.29, 1.82) is 0 Å². The molecule has 2 aromatic rings. The van der Waals surface area contributed by atoms with E-state index in [1.807, 2.05) is 0 Å². The molecule has 13 heavy (non-hydrogen) atoms. The molecule has 0 bridgehead atoms. The Bertz CT molecular complexity index is 600. The predicted molar refractivity (Wildman–Crippen MR) is 54.7 cm³/mol. The van der Waals surface area contributed by atoms with E-state index in [9.17, 15) is 0 Å². The number of nitrogens with zero attached hydrogens (tertiary/aromatic N) is 1. The van der Waals surface area contributed by atoms with E-state index in [1.54, 1.807) is 0 Å². The van der Waals surface area contributed by atoms with Crippen LogP contribution in [0.2, 0.25) is 0 Å². The highest BCUT2D eigenvalue weighted by molar-refractivity contribution is 5.55. The summed E-state index contributed by atoms with van der Waals surface area (Å²) in [6.45, 7) is 0. The molecule has 3 heterocycles. The summed E-state index contributed by atoms with van der Waals surface area (Å²) in [5, 5.41) is 2.48. The summed E-state index contributed by atoms with van der Waals surface area (Å²) < 4.78 is 2.25. The first-order valence-electron chi connectivity index (χ1n) is 4.40. The summed E-state index contributed by atoms with van der Waals surface area (Å²) >= 11 is 0. The van der Waals surface area contributed by atoms with E-state index in [1.165, 1.54) is 16.2 Å². The van der Waals surface area contributed by atoms with Gasteiger partial charge in [-0.3, -0.25) is 0 Å². The number of allylic oxidation sites excluding steroid dienone is 2. The predicted octanol–water partition coefficient (Wildman–Crippen LogP) is 1.07. The minimum absolute atomic E-state index is 1.24. The lowest BCUT2D eigenvalue weighted by molar-refractivity contribution is 1.09. The summed E-state index contributed by atoms with van der Waals surface area (Å²) in [4.78, 5) is 0. The maximum absolute atomic E-state index is 2.25. The van der Waals surface area contributed by atoms with Crippen molar-refractivity contribution in [2.45, 2.75) is 0 Å². The van der Waals surface area contributed by atoms with Crippen LogP contribution in [0.3, 0.4) is 0 Å². The van der Waals surface area contributed by atoms with Gasteiger partial charge < -0.3 is 4.40 Å². The molecule has 1 aliphatic rings. The summed E-state index contributed by atoms with van der Waals surface area (Å²) in [6.07, 6.45) is 8.39. The van der Waals surface area contributed by atoms with Gasteiger partial charge in [0.2, 0.25) is 0 Å². The van der Waals surface area contributed by atoms with Crippen LogP contribution in [-0.4, -0.2) is 4.40 Å². The fourth-order valence-electron chi connectivity index (χ4n) is 1.79. The summed E-state index contributed by atoms with van der Waals surface area (Å²) in [5.74, 6) is 0. The van der Waals surface area contributed by atoms with E-state index < -0.39 is 0 Å². The monoisotopic (exact) mass is 167 g/mol. The first-order chi connectivity index (χ1) is 6.45. The van der Waals surface area contributed by atoms with Crippen molar-refractivity contribution in [3.8, 4) is 0 Å². The third-order valence-electron chi connectivity index (χ3n) is 2.38. The molecule has 1 aliphatic heterocycles. The Morgan fingerprint density at radius 1 is 0.769 bits per heavy atom. The van der Waals surface area contributed by atoms with Gasteiger partial charge in [-0.25, -0.2) is 0 Å². The van der Waals surface area contributed by atoms with Gasteiger partial charge in [-0.15, -0.1) is 0 Å². The SMILES string of the molecule is C1=CC=c2ccc3cccc(n23)=C1. The van der Waals surface area contributed by atoms with Gasteiger partial charge in [-0.05, 0) is 36.4 Å². The second-order valence-corrected chi connectivity index (χ2v) is 3.19. The van der Waals surface area contributed by atoms with Crippen molar-refractivity contribution in [1.82, 2.24) is 4.40 Å². The molecule has 2 aromatic heterocycles. The zero-order valence-electron chi connectivity index (χ0n) is 7.14. The second kappa shape index (κ2) is 2.36. The van der Waals surface area contributed by atoms with E-state index in [2.05, 4.69) is 59.0 Å². The smallest absolute Gasteiger partial charge is 0.0462 e. The molecular weight excluding hydrogens is 158 g/mol. The molecule has 0 spiro atoms. The minimum Gasteiger partial charge on any atom is -0.311 e. The number of rotatable bonds is 0. The van der Waals surface area contributed by atoms with E-state index in [0.717, 1.165) is 0 Å². The molecule has 0 amide bonds. The molecule has 0 aromatic carbocycles. The topological polar surface area (TPSA) is 4.41 Å². The van der Waals surface area contributed by atoms with Crippen molar-refractivity contribution < 1.29 is 0 Å². The molecule has 0 saturated carbocycles. The van der Waals surface area contributed by atoms with Gasteiger partial charge >= 0.3 is 0 Å². The molecule has 0 unspecified atom stereocenters. The van der Waals surface area contributed by atoms with Crippen LogP contribution in [0, 0.1) is 0 Å². The van der Waals surface area contributed by atoms with E-state index in [0.29, 0.717) is 0 Å². The molecule has 0 N–H and O–H groups in total. The van der Waals surface area contributed by atoms with Crippen molar-refractivity contribution in [3.63, 3.8) is 0 Å². The fourth-order valence-corrected chi connectivity index (χ4v) is 1.79.